The third-order valence-electron chi connectivity index (χ3n) is 10.6. The highest BCUT2D eigenvalue weighted by Gasteiger charge is 2.19. The molecule has 51 heavy (non-hydrogen) atoms. The van der Waals surface area contributed by atoms with Crippen LogP contribution in [0.25, 0.3) is 93.6 Å². The Bertz CT molecular complexity index is 3080. The highest BCUT2D eigenvalue weighted by Crippen LogP contribution is 2.40. The quantitative estimate of drug-likeness (QED) is 0.180. The first kappa shape index (κ1) is 28.0. The van der Waals surface area contributed by atoms with Gasteiger partial charge in [0.25, 0.3) is 0 Å². The molecule has 8 aromatic carbocycles. The Labute approximate surface area is 294 Å². The molecule has 0 N–H and O–H groups in total. The Kier molecular flexibility index (Phi) is 5.96. The van der Waals surface area contributed by atoms with Crippen LogP contribution in [0.3, 0.4) is 0 Å². The van der Waals surface area contributed by atoms with Gasteiger partial charge in [-0.05, 0) is 60.2 Å². The van der Waals surface area contributed by atoms with Gasteiger partial charge in [-0.15, -0.1) is 0 Å². The lowest BCUT2D eigenvalue weighted by Crippen LogP contribution is -1.99. The zero-order chi connectivity index (χ0) is 33.5. The van der Waals surface area contributed by atoms with Crippen molar-refractivity contribution in [2.75, 3.05) is 0 Å². The molecule has 3 nitrogen and oxygen atoms in total. The maximum Gasteiger partial charge on any atom is 0.0562 e. The average Bonchev–Trinajstić information content (AvgIpc) is 3.83. The lowest BCUT2D eigenvalue weighted by atomic mass is 10.0. The van der Waals surface area contributed by atoms with Crippen molar-refractivity contribution in [2.24, 2.45) is 0 Å². The zero-order valence-corrected chi connectivity index (χ0v) is 27.7. The number of benzene rings is 8. The number of hydrogen-bond donors (Lipinski definition) is 0. The van der Waals surface area contributed by atoms with E-state index in [4.69, 9.17) is 0 Å². The van der Waals surface area contributed by atoms with E-state index in [1.165, 1.54) is 82.2 Å². The van der Waals surface area contributed by atoms with Crippen LogP contribution in [-0.2, 0) is 0 Å². The van der Waals surface area contributed by atoms with Crippen LogP contribution in [0.1, 0.15) is 0 Å². The predicted octanol–water partition coefficient (Wildman–Crippen LogP) is 12.6. The van der Waals surface area contributed by atoms with E-state index < -0.39 is 0 Å². The molecule has 0 aliphatic heterocycles. The zero-order valence-electron chi connectivity index (χ0n) is 27.7. The van der Waals surface area contributed by atoms with Gasteiger partial charge < -0.3 is 13.7 Å². The number of hydrogen-bond acceptors (Lipinski definition) is 0. The van der Waals surface area contributed by atoms with E-state index >= 15 is 0 Å². The van der Waals surface area contributed by atoms with Crippen LogP contribution in [0, 0.1) is 0 Å². The van der Waals surface area contributed by atoms with E-state index in [0.717, 1.165) is 11.4 Å². The molecular formula is C48H31N3. The monoisotopic (exact) mass is 649 g/mol. The molecule has 0 aliphatic carbocycles. The molecule has 3 heteroatoms. The molecule has 0 spiro atoms. The first-order valence-electron chi connectivity index (χ1n) is 17.5. The lowest BCUT2D eigenvalue weighted by molar-refractivity contribution is 1.15. The molecule has 0 saturated carbocycles. The van der Waals surface area contributed by atoms with Crippen LogP contribution in [0.4, 0.5) is 0 Å². The summed E-state index contributed by atoms with van der Waals surface area (Å²) in [5, 5.41) is 7.51. The summed E-state index contributed by atoms with van der Waals surface area (Å²) in [6.45, 7) is 0. The van der Waals surface area contributed by atoms with E-state index in [9.17, 15) is 0 Å². The third kappa shape index (κ3) is 4.06. The normalized spacial score (nSPS) is 11.9. The van der Waals surface area contributed by atoms with Crippen LogP contribution >= 0.6 is 0 Å². The van der Waals surface area contributed by atoms with Crippen LogP contribution in [-0.4, -0.2) is 13.7 Å². The molecule has 0 fully saturated rings. The summed E-state index contributed by atoms with van der Waals surface area (Å²) in [5.41, 5.74) is 13.0. The van der Waals surface area contributed by atoms with Crippen molar-refractivity contribution < 1.29 is 0 Å². The first-order valence-corrected chi connectivity index (χ1v) is 17.5. The molecule has 3 aromatic heterocycles. The smallest absolute Gasteiger partial charge is 0.0562 e. The van der Waals surface area contributed by atoms with Crippen LogP contribution in [0.15, 0.2) is 188 Å². The van der Waals surface area contributed by atoms with Gasteiger partial charge >= 0.3 is 0 Å². The van der Waals surface area contributed by atoms with Crippen LogP contribution in [0.5, 0.6) is 0 Å². The molecule has 0 aliphatic rings. The standard InChI is InChI=1S/C48H31N3/c1-2-14-32(15-3-1)35-16-4-9-21-42(35)51-46-25-13-8-20-39(46)41-29-27-34(31-48(41)51)50-45-24-12-7-19-38(45)40-28-26-33(30-47(40)50)49-43-22-10-5-17-36(43)37-18-6-11-23-44(37)49/h1-31H. The van der Waals surface area contributed by atoms with Crippen LogP contribution < -0.4 is 0 Å². The number of aromatic nitrogens is 3. The van der Waals surface area contributed by atoms with E-state index in [2.05, 4.69) is 202 Å². The molecule has 3 heterocycles. The molecule has 0 atom stereocenters. The SMILES string of the molecule is c1ccc(-c2ccccc2-n2c3ccccc3c3ccc(-n4c5ccccc5c5ccc(-n6c7ccccc7c7ccccc76)cc54)cc32)cc1. The van der Waals surface area contributed by atoms with Gasteiger partial charge in [0.15, 0.2) is 0 Å². The van der Waals surface area contributed by atoms with Crippen molar-refractivity contribution in [1.29, 1.82) is 0 Å². The topological polar surface area (TPSA) is 14.8 Å². The van der Waals surface area contributed by atoms with Crippen molar-refractivity contribution in [3.05, 3.63) is 188 Å². The molecule has 0 amide bonds. The van der Waals surface area contributed by atoms with Crippen LogP contribution in [0.2, 0.25) is 0 Å². The minimum atomic E-state index is 1.13. The summed E-state index contributed by atoms with van der Waals surface area (Å²) in [4.78, 5) is 0. The number of rotatable bonds is 4. The highest BCUT2D eigenvalue weighted by molar-refractivity contribution is 6.13. The predicted molar refractivity (Wildman–Crippen MR) is 215 cm³/mol. The molecule has 0 radical (unpaired) electrons. The van der Waals surface area contributed by atoms with Gasteiger partial charge in [-0.3, -0.25) is 0 Å². The summed E-state index contributed by atoms with van der Waals surface area (Å²) in [5.74, 6) is 0. The second-order valence-corrected chi connectivity index (χ2v) is 13.4. The van der Waals surface area contributed by atoms with Gasteiger partial charge in [0.1, 0.15) is 0 Å². The van der Waals surface area contributed by atoms with Gasteiger partial charge in [-0.25, -0.2) is 0 Å². The summed E-state index contributed by atoms with van der Waals surface area (Å²) < 4.78 is 7.31. The van der Waals surface area contributed by atoms with E-state index in [1.54, 1.807) is 0 Å². The summed E-state index contributed by atoms with van der Waals surface area (Å²) in [7, 11) is 0. The largest absolute Gasteiger partial charge is 0.309 e. The molecule has 0 bridgehead atoms. The maximum atomic E-state index is 2.45. The molecule has 11 aromatic rings. The lowest BCUT2D eigenvalue weighted by Gasteiger charge is -2.15. The molecule has 238 valence electrons. The number of nitrogens with zero attached hydrogens (tertiary/aromatic N) is 3. The Morgan fingerprint density at radius 2 is 0.627 bits per heavy atom. The molecule has 0 unspecified atom stereocenters. The van der Waals surface area contributed by atoms with Gasteiger partial charge in [0.2, 0.25) is 0 Å². The van der Waals surface area contributed by atoms with Gasteiger partial charge in [-0.2, -0.15) is 0 Å². The van der Waals surface area contributed by atoms with Gasteiger partial charge in [0.05, 0.1) is 38.8 Å². The second-order valence-electron chi connectivity index (χ2n) is 13.4. The second kappa shape index (κ2) is 10.8. The first-order chi connectivity index (χ1) is 25.3. The van der Waals surface area contributed by atoms with E-state index in [0.29, 0.717) is 0 Å². The highest BCUT2D eigenvalue weighted by atomic mass is 15.0. The van der Waals surface area contributed by atoms with Crippen molar-refractivity contribution in [2.45, 2.75) is 0 Å². The molecule has 0 saturated heterocycles. The minimum absolute atomic E-state index is 1.13. The van der Waals surface area contributed by atoms with Crippen molar-refractivity contribution >= 4 is 65.4 Å². The fourth-order valence-corrected chi connectivity index (χ4v) is 8.46. The average molecular weight is 650 g/mol. The Balaban J connectivity index is 1.21. The Morgan fingerprint density at radius 1 is 0.255 bits per heavy atom. The van der Waals surface area contributed by atoms with Gasteiger partial charge in [-0.1, -0.05) is 133 Å². The Hall–Kier alpha value is -6.84. The number of para-hydroxylation sites is 5. The van der Waals surface area contributed by atoms with E-state index in [1.807, 2.05) is 0 Å². The molecular weight excluding hydrogens is 619 g/mol. The summed E-state index contributed by atoms with van der Waals surface area (Å²) >= 11 is 0. The van der Waals surface area contributed by atoms with Crippen molar-refractivity contribution in [3.8, 4) is 28.2 Å². The Morgan fingerprint density at radius 3 is 1.16 bits per heavy atom. The number of fused-ring (bicyclic) bond motifs is 9. The fourth-order valence-electron chi connectivity index (χ4n) is 8.46. The summed E-state index contributed by atoms with van der Waals surface area (Å²) in [6.07, 6.45) is 0. The third-order valence-corrected chi connectivity index (χ3v) is 10.6. The molecule has 11 rings (SSSR count). The minimum Gasteiger partial charge on any atom is -0.309 e. The van der Waals surface area contributed by atoms with Crippen molar-refractivity contribution in [3.63, 3.8) is 0 Å². The maximum absolute atomic E-state index is 2.45. The fraction of sp³-hybridized carbons (Fsp3) is 0. The van der Waals surface area contributed by atoms with Gasteiger partial charge in [0, 0.05) is 49.3 Å². The van der Waals surface area contributed by atoms with Crippen molar-refractivity contribution in [1.82, 2.24) is 13.7 Å². The summed E-state index contributed by atoms with van der Waals surface area (Å²) in [6, 6.07) is 68.5. The van der Waals surface area contributed by atoms with E-state index in [-0.39, 0.29) is 0 Å².